The molecule has 6 saturated carbocycles. The van der Waals surface area contributed by atoms with E-state index >= 15 is 0 Å². The highest BCUT2D eigenvalue weighted by Gasteiger charge is 2.50. The Labute approximate surface area is 657 Å². The minimum absolute atomic E-state index is 0.0307. The molecule has 108 heavy (non-hydrogen) atoms. The highest BCUT2D eigenvalue weighted by atomic mass is 16.6. The molecule has 9 rings (SSSR count). The lowest BCUT2D eigenvalue weighted by molar-refractivity contribution is -0.183. The molecule has 3 aromatic carbocycles. The Bertz CT molecular complexity index is 3250. The zero-order valence-electron chi connectivity index (χ0n) is 72.4. The van der Waals surface area contributed by atoms with E-state index in [0.29, 0.717) is 0 Å². The fourth-order valence-corrected chi connectivity index (χ4v) is 14.4. The van der Waals surface area contributed by atoms with Gasteiger partial charge in [0, 0.05) is 5.41 Å². The molecule has 0 saturated heterocycles. The molecule has 0 amide bonds. The molecule has 12 nitrogen and oxygen atoms in total. The topological polar surface area (TPSA) is 158 Å². The van der Waals surface area contributed by atoms with Gasteiger partial charge in [0.1, 0.15) is 33.6 Å². The van der Waals surface area contributed by atoms with Crippen molar-refractivity contribution >= 4 is 35.8 Å². The van der Waals surface area contributed by atoms with Gasteiger partial charge in [0.2, 0.25) is 0 Å². The number of rotatable bonds is 23. The molecule has 6 fully saturated rings. The van der Waals surface area contributed by atoms with Crippen LogP contribution >= 0.6 is 0 Å². The number of hydrogen-bond acceptors (Lipinski definition) is 12. The van der Waals surface area contributed by atoms with Gasteiger partial charge in [-0.25, -0.2) is 0 Å². The van der Waals surface area contributed by atoms with Crippen molar-refractivity contribution in [3.63, 3.8) is 0 Å². The number of carbonyl (C=O) groups excluding carboxylic acids is 6. The third-order valence-electron chi connectivity index (χ3n) is 25.9. The van der Waals surface area contributed by atoms with Crippen LogP contribution in [0.25, 0.3) is 0 Å². The Kier molecular flexibility index (Phi) is 35.8. The number of benzene rings is 3. The smallest absolute Gasteiger partial charge is 0.312 e. The summed E-state index contributed by atoms with van der Waals surface area (Å²) in [5.74, 6) is -0.403. The summed E-state index contributed by atoms with van der Waals surface area (Å²) < 4.78 is 35.6. The first-order valence-corrected chi connectivity index (χ1v) is 42.3. The van der Waals surface area contributed by atoms with Crippen LogP contribution in [-0.2, 0) is 74.0 Å². The molecular formula is C96H152O12. The fourth-order valence-electron chi connectivity index (χ4n) is 14.4. The Morgan fingerprint density at radius 1 is 0.296 bits per heavy atom. The Morgan fingerprint density at radius 2 is 0.509 bits per heavy atom. The van der Waals surface area contributed by atoms with Crippen LogP contribution in [0.5, 0.6) is 0 Å². The number of aryl methyl sites for hydroxylation is 1. The van der Waals surface area contributed by atoms with Gasteiger partial charge in [-0.15, -0.1) is 0 Å². The molecule has 6 aliphatic carbocycles. The average molecular weight is 1500 g/mol. The lowest BCUT2D eigenvalue weighted by Crippen LogP contribution is -2.47. The molecule has 0 heterocycles. The zero-order valence-corrected chi connectivity index (χ0v) is 72.4. The van der Waals surface area contributed by atoms with E-state index in [1.165, 1.54) is 37.7 Å². The van der Waals surface area contributed by atoms with E-state index in [-0.39, 0.29) is 79.9 Å². The van der Waals surface area contributed by atoms with Crippen LogP contribution in [0.1, 0.15) is 380 Å². The van der Waals surface area contributed by atoms with Gasteiger partial charge in [-0.1, -0.05) is 185 Å². The zero-order chi connectivity index (χ0) is 81.2. The van der Waals surface area contributed by atoms with E-state index in [4.69, 9.17) is 28.4 Å². The summed E-state index contributed by atoms with van der Waals surface area (Å²) in [5, 5.41) is 0. The summed E-state index contributed by atoms with van der Waals surface area (Å²) in [6.45, 7) is 52.0. The van der Waals surface area contributed by atoms with Crippen LogP contribution < -0.4 is 0 Å². The van der Waals surface area contributed by atoms with E-state index < -0.39 is 27.4 Å². The van der Waals surface area contributed by atoms with Gasteiger partial charge in [-0.3, -0.25) is 28.8 Å². The summed E-state index contributed by atoms with van der Waals surface area (Å²) in [6.07, 6.45) is 37.3. The molecule has 0 radical (unpaired) electrons. The predicted molar refractivity (Wildman–Crippen MR) is 443 cm³/mol. The number of carbonyl (C=O) groups is 6. The van der Waals surface area contributed by atoms with Crippen molar-refractivity contribution in [2.45, 2.75) is 398 Å². The predicted octanol–water partition coefficient (Wildman–Crippen LogP) is 26.0. The van der Waals surface area contributed by atoms with Crippen molar-refractivity contribution < 1.29 is 57.2 Å². The highest BCUT2D eigenvalue weighted by Crippen LogP contribution is 2.50. The molecule has 0 aliphatic heterocycles. The maximum Gasteiger partial charge on any atom is 0.312 e. The first-order valence-electron chi connectivity index (χ1n) is 42.3. The number of esters is 6. The first-order chi connectivity index (χ1) is 50.5. The van der Waals surface area contributed by atoms with Crippen molar-refractivity contribution in [3.05, 3.63) is 132 Å². The van der Waals surface area contributed by atoms with Gasteiger partial charge in [0.25, 0.3) is 0 Å². The van der Waals surface area contributed by atoms with Gasteiger partial charge in [0.05, 0.1) is 32.5 Å². The van der Waals surface area contributed by atoms with Crippen molar-refractivity contribution in [2.24, 2.45) is 37.9 Å². The van der Waals surface area contributed by atoms with Crippen LogP contribution in [0.15, 0.2) is 110 Å². The van der Waals surface area contributed by atoms with Gasteiger partial charge in [-0.05, 0) is 311 Å². The van der Waals surface area contributed by atoms with Gasteiger partial charge >= 0.3 is 35.8 Å². The molecule has 608 valence electrons. The van der Waals surface area contributed by atoms with Crippen molar-refractivity contribution in [2.75, 3.05) is 0 Å². The third kappa shape index (κ3) is 26.0. The van der Waals surface area contributed by atoms with Crippen molar-refractivity contribution in [1.29, 1.82) is 0 Å². The Balaban J connectivity index is 0.000000275. The summed E-state index contributed by atoms with van der Waals surface area (Å²) in [6, 6.07) is 29.0. The van der Waals surface area contributed by atoms with E-state index in [1.54, 1.807) is 0 Å². The Hall–Kier alpha value is -6.04. The van der Waals surface area contributed by atoms with Gasteiger partial charge in [-0.2, -0.15) is 0 Å². The van der Waals surface area contributed by atoms with Gasteiger partial charge in [0.15, 0.2) is 0 Å². The maximum atomic E-state index is 12.6. The van der Waals surface area contributed by atoms with Crippen LogP contribution in [-0.4, -0.2) is 52.6 Å². The molecule has 0 N–H and O–H groups in total. The minimum atomic E-state index is -0.408. The molecule has 3 aromatic rings. The minimum Gasteiger partial charge on any atom is -0.458 e. The first kappa shape index (κ1) is 94.3. The van der Waals surface area contributed by atoms with Crippen LogP contribution in [0.4, 0.5) is 0 Å². The highest BCUT2D eigenvalue weighted by molar-refractivity contribution is 5.79. The van der Waals surface area contributed by atoms with E-state index in [9.17, 15) is 28.8 Å². The molecular weight excluding hydrogens is 1350 g/mol. The quantitative estimate of drug-likeness (QED) is 0.0503. The van der Waals surface area contributed by atoms with E-state index in [0.717, 1.165) is 196 Å². The van der Waals surface area contributed by atoms with E-state index in [2.05, 4.69) is 89.4 Å². The summed E-state index contributed by atoms with van der Waals surface area (Å²) in [4.78, 5) is 73.8. The third-order valence-corrected chi connectivity index (χ3v) is 25.9. The van der Waals surface area contributed by atoms with Crippen LogP contribution in [0.3, 0.4) is 0 Å². The number of ether oxygens (including phenoxy) is 6. The maximum absolute atomic E-state index is 12.6. The molecule has 0 atom stereocenters. The number of hydrogen-bond donors (Lipinski definition) is 0. The standard InChI is InChI=1S/C19H28O2.C18H26O2.C17H24O2.C15H28O2.C14H24O2.C13H22O2/c1-5-18(3,4)17(20)21-19(13-7-6-8-14-19)16-11-9-15(2)10-12-16;1-4-17(2,3)16(19)20-18(13-9-6-10-14-18)15-11-7-5-8-12-15;1-4-16(2,3)15(18)19-17(12-8-9-13-17)14-10-6-5-7-11-14;1-7-14(5,6)12(16)17-15(13(2,3)4)10-8-9-11-15;1-5-13(3,4)12(15)16-14(6-2)10-8-7-9-11-14;1-5-12(3,4)11(14)15-13(6-2)9-7-8-10-13/h9-12H,5-8,13-14H2,1-4H3;5,7-8,11-12H,4,6,9-10,13-14H2,1-3H3;5-7,10-11H,4,8-9,12-13H2,1-3H3;7-11H2,1-6H3;6H,2,5,7-11H2,1,3-4H3;6H,2,5,7-10H2,1,3-4H3. The fraction of sp³-hybridized carbons (Fsp3) is 0.708. The molecule has 0 aromatic heterocycles. The summed E-state index contributed by atoms with van der Waals surface area (Å²) in [5.41, 5.74) is 0.213. The van der Waals surface area contributed by atoms with Gasteiger partial charge < -0.3 is 28.4 Å². The Morgan fingerprint density at radius 3 is 0.759 bits per heavy atom. The summed E-state index contributed by atoms with van der Waals surface area (Å²) in [7, 11) is 0. The average Bonchev–Trinajstić information content (AvgIpc) is 1.39. The second kappa shape index (κ2) is 40.9. The lowest BCUT2D eigenvalue weighted by atomic mass is 9.74. The molecule has 12 heteroatoms. The molecule has 0 spiro atoms. The monoisotopic (exact) mass is 1500 g/mol. The molecule has 6 aliphatic rings. The SMILES string of the molecule is C=CC1(OC(=O)C(C)(C)CC)CCCC1.C=CC1(OC(=O)C(C)(C)CC)CCCCC1.CCC(C)(C)C(=O)OC1(C(C)(C)C)CCCC1.CCC(C)(C)C(=O)OC1(c2ccc(C)cc2)CCCCC1.CCC(C)(C)C(=O)OC1(c2ccccc2)CCCC1.CCC(C)(C)C(=O)OC1(c2ccccc2)CCCCC1. The molecule has 0 unspecified atom stereocenters. The molecule has 0 bridgehead atoms. The largest absolute Gasteiger partial charge is 0.458 e. The van der Waals surface area contributed by atoms with Crippen LogP contribution in [0.2, 0.25) is 0 Å². The van der Waals surface area contributed by atoms with E-state index in [1.807, 2.05) is 173 Å². The van der Waals surface area contributed by atoms with Crippen molar-refractivity contribution in [3.8, 4) is 0 Å². The van der Waals surface area contributed by atoms with Crippen molar-refractivity contribution in [1.82, 2.24) is 0 Å². The second-order valence-corrected chi connectivity index (χ2v) is 37.4. The summed E-state index contributed by atoms with van der Waals surface area (Å²) >= 11 is 0. The normalized spacial score (nSPS) is 19.2. The lowest BCUT2D eigenvalue weighted by Gasteiger charge is -2.42. The van der Waals surface area contributed by atoms with Crippen LogP contribution in [0, 0.1) is 44.8 Å². The second-order valence-electron chi connectivity index (χ2n) is 37.4.